The van der Waals surface area contributed by atoms with Gasteiger partial charge in [0.15, 0.2) is 0 Å². The minimum Gasteiger partial charge on any atom is -0.494 e. The number of hydrogen-bond donors (Lipinski definition) is 1. The zero-order valence-electron chi connectivity index (χ0n) is 10.8. The Bertz CT molecular complexity index is 537. The number of para-hydroxylation sites is 1. The first-order valence-electron chi connectivity index (χ1n) is 5.71. The highest BCUT2D eigenvalue weighted by Gasteiger charge is 2.17. The van der Waals surface area contributed by atoms with Crippen molar-refractivity contribution in [3.8, 4) is 5.75 Å². The Balaban J connectivity index is 2.60. The van der Waals surface area contributed by atoms with Gasteiger partial charge in [0.25, 0.3) is 0 Å². The van der Waals surface area contributed by atoms with Gasteiger partial charge in [-0.2, -0.15) is 0 Å². The molecule has 17 heavy (non-hydrogen) atoms. The summed E-state index contributed by atoms with van der Waals surface area (Å²) in [5, 5.41) is 0. The number of nitrogen functional groups attached to an aromatic ring is 1. The molecule has 1 aromatic carbocycles. The maximum absolute atomic E-state index is 5.98. The van der Waals surface area contributed by atoms with Crippen LogP contribution in [-0.2, 0) is 6.54 Å². The minimum absolute atomic E-state index is 0.158. The molecule has 2 aromatic rings. The van der Waals surface area contributed by atoms with Gasteiger partial charge in [-0.15, -0.1) is 0 Å². The van der Waals surface area contributed by atoms with Crippen molar-refractivity contribution in [3.05, 3.63) is 18.2 Å². The van der Waals surface area contributed by atoms with E-state index >= 15 is 0 Å². The highest BCUT2D eigenvalue weighted by atomic mass is 16.5. The third kappa shape index (κ3) is 2.20. The number of anilines is 1. The normalized spacial score (nSPS) is 12.0. The second-order valence-electron chi connectivity index (χ2n) is 5.44. The molecular formula is C13H19N3O. The minimum atomic E-state index is 0.158. The third-order valence-corrected chi connectivity index (χ3v) is 2.62. The van der Waals surface area contributed by atoms with Crippen LogP contribution < -0.4 is 10.5 Å². The number of hydrogen-bond acceptors (Lipinski definition) is 3. The highest BCUT2D eigenvalue weighted by Crippen LogP contribution is 2.29. The van der Waals surface area contributed by atoms with E-state index in [1.54, 1.807) is 7.11 Å². The summed E-state index contributed by atoms with van der Waals surface area (Å²) in [7, 11) is 1.65. The SMILES string of the molecule is COc1cccc2c1nc(N)n2CC(C)(C)C. The van der Waals surface area contributed by atoms with E-state index in [1.165, 1.54) is 0 Å². The summed E-state index contributed by atoms with van der Waals surface area (Å²) in [6.07, 6.45) is 0. The number of imidazole rings is 1. The average Bonchev–Trinajstić information content (AvgIpc) is 2.53. The van der Waals surface area contributed by atoms with Gasteiger partial charge in [-0.1, -0.05) is 26.8 Å². The van der Waals surface area contributed by atoms with Gasteiger partial charge in [-0.3, -0.25) is 0 Å². The van der Waals surface area contributed by atoms with E-state index in [9.17, 15) is 0 Å². The van der Waals surface area contributed by atoms with Gasteiger partial charge >= 0.3 is 0 Å². The van der Waals surface area contributed by atoms with Crippen LogP contribution >= 0.6 is 0 Å². The lowest BCUT2D eigenvalue weighted by atomic mass is 9.97. The Kier molecular flexibility index (Phi) is 2.73. The van der Waals surface area contributed by atoms with Crippen molar-refractivity contribution < 1.29 is 4.74 Å². The fourth-order valence-corrected chi connectivity index (χ4v) is 1.94. The topological polar surface area (TPSA) is 53.1 Å². The maximum Gasteiger partial charge on any atom is 0.201 e. The van der Waals surface area contributed by atoms with Gasteiger partial charge in [-0.25, -0.2) is 4.98 Å². The second kappa shape index (κ2) is 3.95. The average molecular weight is 233 g/mol. The molecule has 0 aliphatic heterocycles. The first-order chi connectivity index (χ1) is 7.92. The molecule has 0 fully saturated rings. The molecule has 0 amide bonds. The van der Waals surface area contributed by atoms with Crippen molar-refractivity contribution in [1.82, 2.24) is 9.55 Å². The van der Waals surface area contributed by atoms with Crippen LogP contribution in [0.15, 0.2) is 18.2 Å². The molecule has 2 N–H and O–H groups in total. The van der Waals surface area contributed by atoms with E-state index in [-0.39, 0.29) is 5.41 Å². The molecule has 2 rings (SSSR count). The van der Waals surface area contributed by atoms with E-state index < -0.39 is 0 Å². The smallest absolute Gasteiger partial charge is 0.201 e. The number of methoxy groups -OCH3 is 1. The number of rotatable bonds is 2. The molecule has 0 saturated heterocycles. The number of aromatic nitrogens is 2. The molecule has 0 aliphatic rings. The molecular weight excluding hydrogens is 214 g/mol. The summed E-state index contributed by atoms with van der Waals surface area (Å²) in [6.45, 7) is 7.37. The molecule has 0 bridgehead atoms. The lowest BCUT2D eigenvalue weighted by Gasteiger charge is -2.20. The summed E-state index contributed by atoms with van der Waals surface area (Å²) in [6, 6.07) is 5.88. The second-order valence-corrected chi connectivity index (χ2v) is 5.44. The molecule has 0 saturated carbocycles. The molecule has 1 aromatic heterocycles. The molecule has 0 spiro atoms. The summed E-state index contributed by atoms with van der Waals surface area (Å²) in [5.41, 5.74) is 7.99. The van der Waals surface area contributed by atoms with Gasteiger partial charge in [0.1, 0.15) is 11.3 Å². The lowest BCUT2D eigenvalue weighted by Crippen LogP contribution is -2.17. The number of benzene rings is 1. The van der Waals surface area contributed by atoms with Crippen molar-refractivity contribution in [2.45, 2.75) is 27.3 Å². The molecule has 0 atom stereocenters. The zero-order chi connectivity index (χ0) is 12.6. The molecule has 92 valence electrons. The predicted molar refractivity (Wildman–Crippen MR) is 70.2 cm³/mol. The Hall–Kier alpha value is -1.71. The highest BCUT2D eigenvalue weighted by molar-refractivity contribution is 5.84. The van der Waals surface area contributed by atoms with Crippen LogP contribution in [0.4, 0.5) is 5.95 Å². The Morgan fingerprint density at radius 3 is 2.65 bits per heavy atom. The van der Waals surface area contributed by atoms with Crippen molar-refractivity contribution in [2.75, 3.05) is 12.8 Å². The van der Waals surface area contributed by atoms with E-state index in [1.807, 2.05) is 22.8 Å². The van der Waals surface area contributed by atoms with Crippen molar-refractivity contribution in [1.29, 1.82) is 0 Å². The molecule has 0 unspecified atom stereocenters. The van der Waals surface area contributed by atoms with Gasteiger partial charge < -0.3 is 15.0 Å². The first kappa shape index (κ1) is 11.8. The van der Waals surface area contributed by atoms with Crippen LogP contribution in [0.2, 0.25) is 0 Å². The number of fused-ring (bicyclic) bond motifs is 1. The standard InChI is InChI=1S/C13H19N3O/c1-13(2,3)8-16-9-6-5-7-10(17-4)11(9)15-12(16)14/h5-7H,8H2,1-4H3,(H2,14,15). The van der Waals surface area contributed by atoms with Crippen LogP contribution in [0, 0.1) is 5.41 Å². The van der Waals surface area contributed by atoms with Crippen molar-refractivity contribution in [2.24, 2.45) is 5.41 Å². The van der Waals surface area contributed by atoms with Crippen LogP contribution in [-0.4, -0.2) is 16.7 Å². The fraction of sp³-hybridized carbons (Fsp3) is 0.462. The molecule has 4 heteroatoms. The summed E-state index contributed by atoms with van der Waals surface area (Å²) >= 11 is 0. The van der Waals surface area contributed by atoms with Gasteiger partial charge in [0.2, 0.25) is 5.95 Å². The van der Waals surface area contributed by atoms with Crippen LogP contribution in [0.3, 0.4) is 0 Å². The molecule has 1 heterocycles. The van der Waals surface area contributed by atoms with Crippen LogP contribution in [0.5, 0.6) is 5.75 Å². The quantitative estimate of drug-likeness (QED) is 0.867. The van der Waals surface area contributed by atoms with E-state index in [2.05, 4.69) is 25.8 Å². The molecule has 0 aliphatic carbocycles. The Labute approximate surface area is 101 Å². The zero-order valence-corrected chi connectivity index (χ0v) is 10.8. The number of ether oxygens (including phenoxy) is 1. The largest absolute Gasteiger partial charge is 0.494 e. The van der Waals surface area contributed by atoms with E-state index in [0.717, 1.165) is 23.3 Å². The number of nitrogens with two attached hydrogens (primary N) is 1. The summed E-state index contributed by atoms with van der Waals surface area (Å²) in [5.74, 6) is 1.31. The third-order valence-electron chi connectivity index (χ3n) is 2.62. The fourth-order valence-electron chi connectivity index (χ4n) is 1.94. The van der Waals surface area contributed by atoms with Crippen LogP contribution in [0.1, 0.15) is 20.8 Å². The van der Waals surface area contributed by atoms with Crippen LogP contribution in [0.25, 0.3) is 11.0 Å². The van der Waals surface area contributed by atoms with Gasteiger partial charge in [-0.05, 0) is 17.5 Å². The van der Waals surface area contributed by atoms with Gasteiger partial charge in [0.05, 0.1) is 12.6 Å². The molecule has 0 radical (unpaired) electrons. The monoisotopic (exact) mass is 233 g/mol. The predicted octanol–water partition coefficient (Wildman–Crippen LogP) is 2.67. The van der Waals surface area contributed by atoms with Crippen molar-refractivity contribution >= 4 is 17.0 Å². The van der Waals surface area contributed by atoms with E-state index in [4.69, 9.17) is 10.5 Å². The Morgan fingerprint density at radius 2 is 2.06 bits per heavy atom. The van der Waals surface area contributed by atoms with E-state index in [0.29, 0.717) is 5.95 Å². The summed E-state index contributed by atoms with van der Waals surface area (Å²) in [4.78, 5) is 4.38. The first-order valence-corrected chi connectivity index (χ1v) is 5.71. The maximum atomic E-state index is 5.98. The van der Waals surface area contributed by atoms with Gasteiger partial charge in [0, 0.05) is 6.54 Å². The van der Waals surface area contributed by atoms with Crippen molar-refractivity contribution in [3.63, 3.8) is 0 Å². The lowest BCUT2D eigenvalue weighted by molar-refractivity contribution is 0.351. The Morgan fingerprint density at radius 1 is 1.35 bits per heavy atom. The summed E-state index contributed by atoms with van der Waals surface area (Å²) < 4.78 is 7.33. The number of nitrogens with zero attached hydrogens (tertiary/aromatic N) is 2. The molecule has 4 nitrogen and oxygen atoms in total.